The Kier molecular flexibility index (Phi) is 7.27. The van der Waals surface area contributed by atoms with Crippen molar-refractivity contribution in [3.8, 4) is 0 Å². The second-order valence-corrected chi connectivity index (χ2v) is 8.64. The molecule has 28 heavy (non-hydrogen) atoms. The molecule has 1 saturated heterocycles. The maximum atomic E-state index is 12.9. The Morgan fingerprint density at radius 1 is 1.07 bits per heavy atom. The van der Waals surface area contributed by atoms with Gasteiger partial charge in [0.25, 0.3) is 0 Å². The molecule has 2 aromatic carbocycles. The molecule has 1 amide bonds. The van der Waals surface area contributed by atoms with Crippen molar-refractivity contribution in [3.05, 3.63) is 71.3 Å². The van der Waals surface area contributed by atoms with Gasteiger partial charge in [0.05, 0.1) is 6.04 Å². The number of hydrogen-bond acceptors (Lipinski definition) is 2. The van der Waals surface area contributed by atoms with Crippen molar-refractivity contribution in [2.75, 3.05) is 13.1 Å². The molecule has 0 bridgehead atoms. The fraction of sp³-hybridized carbons (Fsp3) is 0.480. The van der Waals surface area contributed by atoms with Crippen LogP contribution in [0.3, 0.4) is 0 Å². The van der Waals surface area contributed by atoms with E-state index in [-0.39, 0.29) is 17.9 Å². The second kappa shape index (κ2) is 9.88. The normalized spacial score (nSPS) is 16.9. The van der Waals surface area contributed by atoms with Gasteiger partial charge in [-0.3, -0.25) is 9.69 Å². The standard InChI is InChI=1S/C25H34N2O/c1-19(2)16-24(22-10-5-4-6-11-22)26-25(28)23-12-14-27(15-13-23)18-21-9-7-8-20(3)17-21/h4-11,17,19,23-24H,12-16,18H2,1-3H3,(H,26,28)/t24-/m0/s1. The first-order valence-electron chi connectivity index (χ1n) is 10.6. The summed E-state index contributed by atoms with van der Waals surface area (Å²) in [6.45, 7) is 9.53. The zero-order chi connectivity index (χ0) is 19.9. The van der Waals surface area contributed by atoms with Gasteiger partial charge in [0.2, 0.25) is 5.91 Å². The van der Waals surface area contributed by atoms with E-state index >= 15 is 0 Å². The Morgan fingerprint density at radius 2 is 1.79 bits per heavy atom. The van der Waals surface area contributed by atoms with Crippen LogP contribution in [0, 0.1) is 18.8 Å². The van der Waals surface area contributed by atoms with E-state index in [1.165, 1.54) is 16.7 Å². The minimum atomic E-state index is 0.110. The van der Waals surface area contributed by atoms with Crippen LogP contribution in [-0.4, -0.2) is 23.9 Å². The number of carbonyl (C=O) groups is 1. The van der Waals surface area contributed by atoms with E-state index in [1.54, 1.807) is 0 Å². The molecule has 1 fully saturated rings. The molecular weight excluding hydrogens is 344 g/mol. The van der Waals surface area contributed by atoms with Crippen molar-refractivity contribution >= 4 is 5.91 Å². The topological polar surface area (TPSA) is 32.3 Å². The lowest BCUT2D eigenvalue weighted by molar-refractivity contribution is -0.127. The molecule has 0 spiro atoms. The first-order valence-corrected chi connectivity index (χ1v) is 10.6. The molecule has 150 valence electrons. The number of nitrogens with zero attached hydrogens (tertiary/aromatic N) is 1. The highest BCUT2D eigenvalue weighted by atomic mass is 16.1. The summed E-state index contributed by atoms with van der Waals surface area (Å²) in [6.07, 6.45) is 2.86. The van der Waals surface area contributed by atoms with E-state index in [0.29, 0.717) is 5.92 Å². The van der Waals surface area contributed by atoms with Crippen molar-refractivity contribution in [2.24, 2.45) is 11.8 Å². The molecule has 1 atom stereocenters. The highest BCUT2D eigenvalue weighted by Crippen LogP contribution is 2.24. The smallest absolute Gasteiger partial charge is 0.223 e. The van der Waals surface area contributed by atoms with E-state index in [2.05, 4.69) is 79.5 Å². The van der Waals surface area contributed by atoms with Crippen molar-refractivity contribution in [3.63, 3.8) is 0 Å². The average molecular weight is 379 g/mol. The third kappa shape index (κ3) is 5.93. The van der Waals surface area contributed by atoms with Crippen molar-refractivity contribution in [1.29, 1.82) is 0 Å². The molecule has 0 aromatic heterocycles. The van der Waals surface area contributed by atoms with Crippen LogP contribution in [0.25, 0.3) is 0 Å². The monoisotopic (exact) mass is 378 g/mol. The van der Waals surface area contributed by atoms with Crippen LogP contribution in [0.5, 0.6) is 0 Å². The number of piperidine rings is 1. The minimum Gasteiger partial charge on any atom is -0.349 e. The number of benzene rings is 2. The van der Waals surface area contributed by atoms with Crippen LogP contribution in [0.4, 0.5) is 0 Å². The summed E-state index contributed by atoms with van der Waals surface area (Å²) >= 11 is 0. The van der Waals surface area contributed by atoms with Gasteiger partial charge in [-0.05, 0) is 56.3 Å². The molecular formula is C25H34N2O. The van der Waals surface area contributed by atoms with E-state index in [1.807, 2.05) is 6.07 Å². The zero-order valence-electron chi connectivity index (χ0n) is 17.5. The number of likely N-dealkylation sites (tertiary alicyclic amines) is 1. The average Bonchev–Trinajstić information content (AvgIpc) is 2.68. The van der Waals surface area contributed by atoms with Crippen LogP contribution < -0.4 is 5.32 Å². The highest BCUT2D eigenvalue weighted by Gasteiger charge is 2.27. The quantitative estimate of drug-likeness (QED) is 0.726. The van der Waals surface area contributed by atoms with Crippen LogP contribution in [-0.2, 0) is 11.3 Å². The summed E-state index contributed by atoms with van der Waals surface area (Å²) in [5.41, 5.74) is 3.88. The van der Waals surface area contributed by atoms with Gasteiger partial charge >= 0.3 is 0 Å². The molecule has 1 aliphatic rings. The number of aryl methyl sites for hydroxylation is 1. The summed E-state index contributed by atoms with van der Waals surface area (Å²) in [6, 6.07) is 19.2. The molecule has 1 N–H and O–H groups in total. The maximum absolute atomic E-state index is 12.9. The summed E-state index contributed by atoms with van der Waals surface area (Å²) in [4.78, 5) is 15.4. The molecule has 0 radical (unpaired) electrons. The molecule has 0 saturated carbocycles. The van der Waals surface area contributed by atoms with E-state index in [0.717, 1.165) is 38.9 Å². The van der Waals surface area contributed by atoms with E-state index < -0.39 is 0 Å². The predicted octanol–water partition coefficient (Wildman–Crippen LogP) is 5.11. The number of carbonyl (C=O) groups excluding carboxylic acids is 1. The summed E-state index contributed by atoms with van der Waals surface area (Å²) in [5, 5.41) is 3.35. The van der Waals surface area contributed by atoms with Crippen LogP contribution >= 0.6 is 0 Å². The molecule has 0 unspecified atom stereocenters. The molecule has 1 heterocycles. The Hall–Kier alpha value is -2.13. The lowest BCUT2D eigenvalue weighted by atomic mass is 9.92. The van der Waals surface area contributed by atoms with Crippen LogP contribution in [0.15, 0.2) is 54.6 Å². The van der Waals surface area contributed by atoms with Crippen LogP contribution in [0.2, 0.25) is 0 Å². The SMILES string of the molecule is Cc1cccc(CN2CCC(C(=O)N[C@@H](CC(C)C)c3ccccc3)CC2)c1. The summed E-state index contributed by atoms with van der Waals surface area (Å²) in [5.74, 6) is 0.901. The Morgan fingerprint density at radius 3 is 2.43 bits per heavy atom. The number of rotatable bonds is 7. The Labute approximate surface area is 170 Å². The minimum absolute atomic E-state index is 0.110. The largest absolute Gasteiger partial charge is 0.349 e. The molecule has 3 rings (SSSR count). The van der Waals surface area contributed by atoms with Crippen molar-refractivity contribution in [2.45, 2.75) is 52.6 Å². The van der Waals surface area contributed by atoms with Gasteiger partial charge in [0, 0.05) is 12.5 Å². The van der Waals surface area contributed by atoms with Gasteiger partial charge < -0.3 is 5.32 Å². The van der Waals surface area contributed by atoms with Crippen molar-refractivity contribution < 1.29 is 4.79 Å². The van der Waals surface area contributed by atoms with Gasteiger partial charge in [-0.15, -0.1) is 0 Å². The predicted molar refractivity (Wildman–Crippen MR) is 116 cm³/mol. The van der Waals surface area contributed by atoms with Gasteiger partial charge in [0.1, 0.15) is 0 Å². The van der Waals surface area contributed by atoms with E-state index in [9.17, 15) is 4.79 Å². The van der Waals surface area contributed by atoms with Gasteiger partial charge in [-0.2, -0.15) is 0 Å². The second-order valence-electron chi connectivity index (χ2n) is 8.64. The fourth-order valence-corrected chi connectivity index (χ4v) is 4.15. The molecule has 3 nitrogen and oxygen atoms in total. The first-order chi connectivity index (χ1) is 13.5. The van der Waals surface area contributed by atoms with Gasteiger partial charge in [0.15, 0.2) is 0 Å². The number of hydrogen-bond donors (Lipinski definition) is 1. The van der Waals surface area contributed by atoms with E-state index in [4.69, 9.17) is 0 Å². The molecule has 1 aliphatic heterocycles. The first kappa shape index (κ1) is 20.6. The third-order valence-corrected chi connectivity index (χ3v) is 5.67. The van der Waals surface area contributed by atoms with Crippen molar-refractivity contribution in [1.82, 2.24) is 10.2 Å². The molecule has 0 aliphatic carbocycles. The van der Waals surface area contributed by atoms with Gasteiger partial charge in [-0.1, -0.05) is 74.0 Å². The van der Waals surface area contributed by atoms with Gasteiger partial charge in [-0.25, -0.2) is 0 Å². The molecule has 2 aromatic rings. The summed E-state index contributed by atoms with van der Waals surface area (Å²) in [7, 11) is 0. The zero-order valence-corrected chi connectivity index (χ0v) is 17.5. The maximum Gasteiger partial charge on any atom is 0.223 e. The Bertz CT molecular complexity index is 748. The lowest BCUT2D eigenvalue weighted by Crippen LogP contribution is -2.41. The number of nitrogens with one attached hydrogen (secondary N) is 1. The molecule has 3 heteroatoms. The van der Waals surface area contributed by atoms with Crippen LogP contribution in [0.1, 0.15) is 55.8 Å². The number of amides is 1. The lowest BCUT2D eigenvalue weighted by Gasteiger charge is -2.32. The summed E-state index contributed by atoms with van der Waals surface area (Å²) < 4.78 is 0. The highest BCUT2D eigenvalue weighted by molar-refractivity contribution is 5.79. The Balaban J connectivity index is 1.53. The fourth-order valence-electron chi connectivity index (χ4n) is 4.15. The third-order valence-electron chi connectivity index (χ3n) is 5.67.